The molecule has 1 aliphatic heterocycles. The van der Waals surface area contributed by atoms with Crippen LogP contribution in [0.1, 0.15) is 26.5 Å². The number of carbonyl (C=O) groups excluding carboxylic acids is 1. The Morgan fingerprint density at radius 3 is 2.58 bits per heavy atom. The van der Waals surface area contributed by atoms with Crippen LogP contribution in [0.3, 0.4) is 0 Å². The molecule has 0 bridgehead atoms. The summed E-state index contributed by atoms with van der Waals surface area (Å²) in [7, 11) is 0. The Morgan fingerprint density at radius 1 is 1.08 bits per heavy atom. The first kappa shape index (κ1) is 17.0. The summed E-state index contributed by atoms with van der Waals surface area (Å²) in [5, 5.41) is 9.34. The third-order valence-electron chi connectivity index (χ3n) is 4.48. The number of carbonyl (C=O) groups is 1. The molecule has 4 nitrogen and oxygen atoms in total. The second-order valence-electron chi connectivity index (χ2n) is 6.31. The minimum absolute atomic E-state index is 0.175. The first-order chi connectivity index (χ1) is 11.6. The molecule has 0 spiro atoms. The molecular weight excluding hydrogens is 320 g/mol. The van der Waals surface area contributed by atoms with Crippen molar-refractivity contribution in [2.75, 3.05) is 32.7 Å². The van der Waals surface area contributed by atoms with Gasteiger partial charge in [0.25, 0.3) is 5.91 Å². The van der Waals surface area contributed by atoms with Crippen LogP contribution in [0.25, 0.3) is 0 Å². The molecule has 0 saturated carbocycles. The van der Waals surface area contributed by atoms with Crippen LogP contribution in [0.15, 0.2) is 36.4 Å². The zero-order valence-electron chi connectivity index (χ0n) is 14.1. The van der Waals surface area contributed by atoms with E-state index in [1.807, 2.05) is 36.1 Å². The molecule has 1 saturated heterocycles. The molecule has 2 heterocycles. The number of phenolic OH excluding ortho intramolecular Hbond substituents is 1. The summed E-state index contributed by atoms with van der Waals surface area (Å²) in [4.78, 5) is 19.0. The van der Waals surface area contributed by atoms with Crippen LogP contribution in [-0.4, -0.2) is 53.5 Å². The van der Waals surface area contributed by atoms with Gasteiger partial charge in [0.15, 0.2) is 0 Å². The highest BCUT2D eigenvalue weighted by atomic mass is 32.1. The predicted molar refractivity (Wildman–Crippen MR) is 97.8 cm³/mol. The van der Waals surface area contributed by atoms with E-state index < -0.39 is 0 Å². The number of amides is 1. The number of aryl methyl sites for hydroxylation is 1. The predicted octanol–water partition coefficient (Wildman–Crippen LogP) is 3.15. The number of benzene rings is 1. The molecule has 2 aromatic rings. The summed E-state index contributed by atoms with van der Waals surface area (Å²) >= 11 is 1.58. The maximum atomic E-state index is 12.6. The molecule has 1 amide bonds. The molecule has 3 rings (SSSR count). The Kier molecular flexibility index (Phi) is 5.53. The van der Waals surface area contributed by atoms with Gasteiger partial charge in [-0.05, 0) is 56.1 Å². The Bertz CT molecular complexity index is 681. The van der Waals surface area contributed by atoms with Crippen LogP contribution in [0.2, 0.25) is 0 Å². The molecule has 1 aliphatic rings. The van der Waals surface area contributed by atoms with Crippen molar-refractivity contribution in [1.29, 1.82) is 0 Å². The quantitative estimate of drug-likeness (QED) is 0.927. The van der Waals surface area contributed by atoms with Crippen molar-refractivity contribution in [1.82, 2.24) is 9.80 Å². The SMILES string of the molecule is Cc1ccc(C(=O)N2CCCN(CCc3ccc(O)cc3)CC2)s1. The molecular formula is C19H24N2O2S. The van der Waals surface area contributed by atoms with Gasteiger partial charge in [0, 0.05) is 31.1 Å². The molecule has 1 aromatic heterocycles. The number of rotatable bonds is 4. The van der Waals surface area contributed by atoms with Gasteiger partial charge in [-0.15, -0.1) is 11.3 Å². The average Bonchev–Trinajstić information content (AvgIpc) is 2.88. The maximum absolute atomic E-state index is 12.6. The summed E-state index contributed by atoms with van der Waals surface area (Å²) in [6, 6.07) is 11.4. The molecule has 0 atom stereocenters. The van der Waals surface area contributed by atoms with Gasteiger partial charge in [-0.2, -0.15) is 0 Å². The maximum Gasteiger partial charge on any atom is 0.263 e. The number of aromatic hydroxyl groups is 1. The highest BCUT2D eigenvalue weighted by molar-refractivity contribution is 7.13. The fourth-order valence-corrected chi connectivity index (χ4v) is 3.89. The topological polar surface area (TPSA) is 43.8 Å². The molecule has 1 N–H and O–H groups in total. The van der Waals surface area contributed by atoms with E-state index in [0.29, 0.717) is 5.75 Å². The molecule has 5 heteroatoms. The van der Waals surface area contributed by atoms with Crippen molar-refractivity contribution in [3.8, 4) is 5.75 Å². The smallest absolute Gasteiger partial charge is 0.263 e. The molecule has 1 fully saturated rings. The van der Waals surface area contributed by atoms with Gasteiger partial charge < -0.3 is 14.9 Å². The van der Waals surface area contributed by atoms with Crippen molar-refractivity contribution >= 4 is 17.2 Å². The van der Waals surface area contributed by atoms with Crippen LogP contribution in [0.5, 0.6) is 5.75 Å². The fourth-order valence-electron chi connectivity index (χ4n) is 3.05. The van der Waals surface area contributed by atoms with E-state index in [1.54, 1.807) is 23.5 Å². The number of phenols is 1. The lowest BCUT2D eigenvalue weighted by atomic mass is 10.1. The molecule has 0 unspecified atom stereocenters. The van der Waals surface area contributed by atoms with Gasteiger partial charge in [-0.25, -0.2) is 0 Å². The lowest BCUT2D eigenvalue weighted by Gasteiger charge is -2.21. The summed E-state index contributed by atoms with van der Waals surface area (Å²) < 4.78 is 0. The van der Waals surface area contributed by atoms with Gasteiger partial charge in [0.2, 0.25) is 0 Å². The fraction of sp³-hybridized carbons (Fsp3) is 0.421. The van der Waals surface area contributed by atoms with Crippen molar-refractivity contribution < 1.29 is 9.90 Å². The lowest BCUT2D eigenvalue weighted by Crippen LogP contribution is -2.35. The van der Waals surface area contributed by atoms with E-state index >= 15 is 0 Å². The molecule has 24 heavy (non-hydrogen) atoms. The summed E-state index contributed by atoms with van der Waals surface area (Å²) in [6.45, 7) is 6.62. The van der Waals surface area contributed by atoms with E-state index in [-0.39, 0.29) is 5.91 Å². The third kappa shape index (κ3) is 4.36. The Labute approximate surface area is 147 Å². The number of hydrogen-bond donors (Lipinski definition) is 1. The van der Waals surface area contributed by atoms with Crippen molar-refractivity contribution in [2.24, 2.45) is 0 Å². The molecule has 0 aliphatic carbocycles. The van der Waals surface area contributed by atoms with Crippen molar-refractivity contribution in [3.63, 3.8) is 0 Å². The van der Waals surface area contributed by atoms with E-state index in [2.05, 4.69) is 4.90 Å². The van der Waals surface area contributed by atoms with Crippen molar-refractivity contribution in [3.05, 3.63) is 51.7 Å². The Morgan fingerprint density at radius 2 is 1.88 bits per heavy atom. The zero-order valence-corrected chi connectivity index (χ0v) is 14.9. The highest BCUT2D eigenvalue weighted by Crippen LogP contribution is 2.18. The second kappa shape index (κ2) is 7.81. The van der Waals surface area contributed by atoms with E-state index in [9.17, 15) is 9.90 Å². The number of thiophene rings is 1. The molecule has 0 radical (unpaired) electrons. The zero-order chi connectivity index (χ0) is 16.9. The minimum Gasteiger partial charge on any atom is -0.508 e. The van der Waals surface area contributed by atoms with Crippen LogP contribution in [0.4, 0.5) is 0 Å². The van der Waals surface area contributed by atoms with E-state index in [4.69, 9.17) is 0 Å². The first-order valence-electron chi connectivity index (χ1n) is 8.48. The van der Waals surface area contributed by atoms with Gasteiger partial charge >= 0.3 is 0 Å². The van der Waals surface area contributed by atoms with Crippen LogP contribution >= 0.6 is 11.3 Å². The van der Waals surface area contributed by atoms with Gasteiger partial charge in [-0.1, -0.05) is 12.1 Å². The van der Waals surface area contributed by atoms with Crippen LogP contribution < -0.4 is 0 Å². The normalized spacial score (nSPS) is 16.1. The van der Waals surface area contributed by atoms with Gasteiger partial charge in [0.1, 0.15) is 5.75 Å². The standard InChI is InChI=1S/C19H24N2O2S/c1-15-3-8-18(24-15)19(23)21-11-2-10-20(13-14-21)12-9-16-4-6-17(22)7-5-16/h3-8,22H,2,9-14H2,1H3. The lowest BCUT2D eigenvalue weighted by molar-refractivity contribution is 0.0766. The van der Waals surface area contributed by atoms with Crippen LogP contribution in [-0.2, 0) is 6.42 Å². The Hall–Kier alpha value is -1.85. The summed E-state index contributed by atoms with van der Waals surface area (Å²) in [5.74, 6) is 0.486. The van der Waals surface area contributed by atoms with Crippen molar-refractivity contribution in [2.45, 2.75) is 19.8 Å². The summed E-state index contributed by atoms with van der Waals surface area (Å²) in [5.41, 5.74) is 1.24. The highest BCUT2D eigenvalue weighted by Gasteiger charge is 2.21. The molecule has 128 valence electrons. The summed E-state index contributed by atoms with van der Waals surface area (Å²) in [6.07, 6.45) is 1.99. The Balaban J connectivity index is 1.51. The minimum atomic E-state index is 0.175. The van der Waals surface area contributed by atoms with Gasteiger partial charge in [0.05, 0.1) is 4.88 Å². The average molecular weight is 344 g/mol. The first-order valence-corrected chi connectivity index (χ1v) is 9.29. The molecule has 1 aromatic carbocycles. The monoisotopic (exact) mass is 344 g/mol. The van der Waals surface area contributed by atoms with E-state index in [1.165, 1.54) is 10.4 Å². The third-order valence-corrected chi connectivity index (χ3v) is 5.47. The second-order valence-corrected chi connectivity index (χ2v) is 7.60. The largest absolute Gasteiger partial charge is 0.508 e. The van der Waals surface area contributed by atoms with Gasteiger partial charge in [-0.3, -0.25) is 4.79 Å². The van der Waals surface area contributed by atoms with E-state index in [0.717, 1.165) is 50.4 Å². The van der Waals surface area contributed by atoms with Crippen LogP contribution in [0, 0.1) is 6.92 Å². The number of nitrogens with zero attached hydrogens (tertiary/aromatic N) is 2. The number of hydrogen-bond acceptors (Lipinski definition) is 4.